The van der Waals surface area contributed by atoms with Gasteiger partial charge in [-0.15, -0.1) is 10.2 Å². The van der Waals surface area contributed by atoms with Gasteiger partial charge in [-0.05, 0) is 30.2 Å². The van der Waals surface area contributed by atoms with Crippen molar-refractivity contribution in [1.82, 2.24) is 14.8 Å². The van der Waals surface area contributed by atoms with E-state index in [4.69, 9.17) is 0 Å². The summed E-state index contributed by atoms with van der Waals surface area (Å²) in [4.78, 5) is 13.2. The van der Waals surface area contributed by atoms with Crippen LogP contribution in [0.4, 0.5) is 5.69 Å². The molecule has 0 aliphatic heterocycles. The minimum absolute atomic E-state index is 0.0901. The predicted octanol–water partition coefficient (Wildman–Crippen LogP) is 5.19. The highest BCUT2D eigenvalue weighted by Gasteiger charge is 2.25. The van der Waals surface area contributed by atoms with Gasteiger partial charge in [0.15, 0.2) is 5.16 Å². The summed E-state index contributed by atoms with van der Waals surface area (Å²) in [5.41, 5.74) is 4.02. The largest absolute Gasteiger partial charge is 0.325 e. The number of nitrogens with one attached hydrogen (secondary N) is 1. The first-order valence-electron chi connectivity index (χ1n) is 10.1. The van der Waals surface area contributed by atoms with Crippen molar-refractivity contribution in [3.8, 4) is 0 Å². The molecule has 1 heterocycles. The molecule has 156 valence electrons. The molecule has 0 aliphatic rings. The highest BCUT2D eigenvalue weighted by Crippen LogP contribution is 2.35. The Morgan fingerprint density at radius 3 is 2.26 bits per heavy atom. The van der Waals surface area contributed by atoms with Crippen LogP contribution in [0.2, 0.25) is 0 Å². The lowest BCUT2D eigenvalue weighted by atomic mass is 10.1. The lowest BCUT2D eigenvalue weighted by Gasteiger charge is -2.17. The van der Waals surface area contributed by atoms with Gasteiger partial charge >= 0.3 is 0 Å². The number of anilines is 1. The van der Waals surface area contributed by atoms with E-state index >= 15 is 0 Å². The fourth-order valence-corrected chi connectivity index (χ4v) is 4.25. The first-order chi connectivity index (χ1) is 15.1. The van der Waals surface area contributed by atoms with Crippen molar-refractivity contribution in [2.24, 2.45) is 7.05 Å². The average Bonchev–Trinajstić information content (AvgIpc) is 3.14. The van der Waals surface area contributed by atoms with Gasteiger partial charge in [-0.1, -0.05) is 90.1 Å². The van der Waals surface area contributed by atoms with E-state index in [1.165, 1.54) is 17.3 Å². The van der Waals surface area contributed by atoms with Gasteiger partial charge in [-0.2, -0.15) is 0 Å². The average molecular weight is 429 g/mol. The molecule has 1 aromatic heterocycles. The van der Waals surface area contributed by atoms with Gasteiger partial charge in [-0.3, -0.25) is 4.79 Å². The molecule has 5 nitrogen and oxygen atoms in total. The third kappa shape index (κ3) is 5.22. The van der Waals surface area contributed by atoms with E-state index in [0.29, 0.717) is 11.6 Å². The summed E-state index contributed by atoms with van der Waals surface area (Å²) in [6.07, 6.45) is 0.691. The SMILES string of the molecule is Cc1ccc(NC(=O)[C@@H](Sc2nnc(Cc3ccccc3)n2C)c2ccccc2)cc1. The molecule has 1 atom stereocenters. The predicted molar refractivity (Wildman–Crippen MR) is 125 cm³/mol. The molecule has 1 amide bonds. The third-order valence-corrected chi connectivity index (χ3v) is 6.30. The number of carbonyl (C=O) groups is 1. The Morgan fingerprint density at radius 1 is 0.935 bits per heavy atom. The number of carbonyl (C=O) groups excluding carboxylic acids is 1. The second kappa shape index (κ2) is 9.62. The highest BCUT2D eigenvalue weighted by atomic mass is 32.2. The van der Waals surface area contributed by atoms with Gasteiger partial charge in [0.1, 0.15) is 11.1 Å². The minimum Gasteiger partial charge on any atom is -0.325 e. The molecular weight excluding hydrogens is 404 g/mol. The summed E-state index contributed by atoms with van der Waals surface area (Å²) in [5.74, 6) is 0.770. The van der Waals surface area contributed by atoms with Crippen molar-refractivity contribution < 1.29 is 4.79 Å². The van der Waals surface area contributed by atoms with E-state index in [9.17, 15) is 4.79 Å². The molecule has 0 saturated heterocycles. The summed E-state index contributed by atoms with van der Waals surface area (Å²) < 4.78 is 1.97. The quantitative estimate of drug-likeness (QED) is 0.412. The van der Waals surface area contributed by atoms with E-state index in [0.717, 1.165) is 22.6 Å². The van der Waals surface area contributed by atoms with Gasteiger partial charge in [-0.25, -0.2) is 0 Å². The van der Waals surface area contributed by atoms with Crippen LogP contribution in [0.15, 0.2) is 90.1 Å². The van der Waals surface area contributed by atoms with E-state index < -0.39 is 5.25 Å². The zero-order valence-electron chi connectivity index (χ0n) is 17.5. The Hall–Kier alpha value is -3.38. The Morgan fingerprint density at radius 2 is 1.58 bits per heavy atom. The summed E-state index contributed by atoms with van der Waals surface area (Å²) in [7, 11) is 1.94. The van der Waals surface area contributed by atoms with E-state index in [2.05, 4.69) is 27.6 Å². The Labute approximate surface area is 186 Å². The normalized spacial score (nSPS) is 11.8. The van der Waals surface area contributed by atoms with Crippen LogP contribution in [0, 0.1) is 6.92 Å². The second-order valence-electron chi connectivity index (χ2n) is 7.38. The molecule has 0 bridgehead atoms. The number of aromatic nitrogens is 3. The molecular formula is C25H24N4OS. The molecule has 0 spiro atoms. The lowest BCUT2D eigenvalue weighted by molar-refractivity contribution is -0.115. The van der Waals surface area contributed by atoms with Crippen LogP contribution in [0.1, 0.15) is 27.8 Å². The van der Waals surface area contributed by atoms with Gasteiger partial charge in [0.25, 0.3) is 0 Å². The molecule has 31 heavy (non-hydrogen) atoms. The molecule has 6 heteroatoms. The first kappa shape index (κ1) is 20.9. The maximum absolute atomic E-state index is 13.2. The third-order valence-electron chi connectivity index (χ3n) is 5.01. The molecule has 3 aromatic carbocycles. The van der Waals surface area contributed by atoms with E-state index in [-0.39, 0.29) is 5.91 Å². The van der Waals surface area contributed by atoms with Crippen molar-refractivity contribution >= 4 is 23.4 Å². The zero-order chi connectivity index (χ0) is 21.6. The molecule has 1 N–H and O–H groups in total. The summed E-state index contributed by atoms with van der Waals surface area (Å²) in [6, 6.07) is 27.7. The second-order valence-corrected chi connectivity index (χ2v) is 8.46. The van der Waals surface area contributed by atoms with Crippen LogP contribution in [0.3, 0.4) is 0 Å². The van der Waals surface area contributed by atoms with Crippen LogP contribution in [-0.2, 0) is 18.3 Å². The summed E-state index contributed by atoms with van der Waals surface area (Å²) in [5, 5.41) is 12.0. The minimum atomic E-state index is -0.449. The van der Waals surface area contributed by atoms with Gasteiger partial charge in [0.05, 0.1) is 0 Å². The molecule has 4 aromatic rings. The fraction of sp³-hybridized carbons (Fsp3) is 0.160. The number of rotatable bonds is 7. The van der Waals surface area contributed by atoms with Crippen LogP contribution in [0.25, 0.3) is 0 Å². The maximum Gasteiger partial charge on any atom is 0.242 e. The number of aryl methyl sites for hydroxylation is 1. The van der Waals surface area contributed by atoms with Crippen LogP contribution >= 0.6 is 11.8 Å². The molecule has 0 unspecified atom stereocenters. The molecule has 0 saturated carbocycles. The zero-order valence-corrected chi connectivity index (χ0v) is 18.3. The smallest absolute Gasteiger partial charge is 0.242 e. The summed E-state index contributed by atoms with van der Waals surface area (Å²) >= 11 is 1.41. The highest BCUT2D eigenvalue weighted by molar-refractivity contribution is 8.00. The van der Waals surface area contributed by atoms with Crippen molar-refractivity contribution in [2.45, 2.75) is 23.8 Å². The number of amides is 1. The van der Waals surface area contributed by atoms with Crippen molar-refractivity contribution in [1.29, 1.82) is 0 Å². The van der Waals surface area contributed by atoms with Crippen molar-refractivity contribution in [3.63, 3.8) is 0 Å². The van der Waals surface area contributed by atoms with Crippen molar-refractivity contribution in [3.05, 3.63) is 107 Å². The van der Waals surface area contributed by atoms with E-state index in [1.807, 2.05) is 91.3 Å². The molecule has 4 rings (SSSR count). The van der Waals surface area contributed by atoms with Crippen LogP contribution < -0.4 is 5.32 Å². The first-order valence-corrected chi connectivity index (χ1v) is 11.0. The van der Waals surface area contributed by atoms with E-state index in [1.54, 1.807) is 0 Å². The molecule has 0 radical (unpaired) electrons. The fourth-order valence-electron chi connectivity index (χ4n) is 3.23. The van der Waals surface area contributed by atoms with Gasteiger partial charge in [0, 0.05) is 19.2 Å². The van der Waals surface area contributed by atoms with Crippen LogP contribution in [-0.4, -0.2) is 20.7 Å². The monoisotopic (exact) mass is 428 g/mol. The standard InChI is InChI=1S/C25H24N4OS/c1-18-13-15-21(16-14-18)26-24(30)23(20-11-7-4-8-12-20)31-25-28-27-22(29(25)2)17-19-9-5-3-6-10-19/h3-16,23H,17H2,1-2H3,(H,26,30)/t23-/m0/s1. The number of hydrogen-bond acceptors (Lipinski definition) is 4. The maximum atomic E-state index is 13.2. The van der Waals surface area contributed by atoms with Gasteiger partial charge < -0.3 is 9.88 Å². The van der Waals surface area contributed by atoms with Crippen LogP contribution in [0.5, 0.6) is 0 Å². The number of benzene rings is 3. The molecule has 0 aliphatic carbocycles. The Kier molecular flexibility index (Phi) is 6.48. The van der Waals surface area contributed by atoms with Gasteiger partial charge in [0.2, 0.25) is 5.91 Å². The lowest BCUT2D eigenvalue weighted by Crippen LogP contribution is -2.19. The topological polar surface area (TPSA) is 59.8 Å². The number of nitrogens with zero attached hydrogens (tertiary/aromatic N) is 3. The Balaban J connectivity index is 1.57. The number of thioether (sulfide) groups is 1. The summed E-state index contributed by atoms with van der Waals surface area (Å²) in [6.45, 7) is 2.02. The van der Waals surface area contributed by atoms with Crippen molar-refractivity contribution in [2.75, 3.05) is 5.32 Å². The Bertz CT molecular complexity index is 1140. The molecule has 0 fully saturated rings. The number of hydrogen-bond donors (Lipinski definition) is 1.